The van der Waals surface area contributed by atoms with Gasteiger partial charge in [0.05, 0.1) is 11.7 Å². The second-order valence-electron chi connectivity index (χ2n) is 4.57. The van der Waals surface area contributed by atoms with E-state index < -0.39 is 11.8 Å². The van der Waals surface area contributed by atoms with Crippen molar-refractivity contribution < 1.29 is 9.90 Å². The Bertz CT molecular complexity index is 513. The number of H-pyrrole nitrogens is 1. The van der Waals surface area contributed by atoms with Crippen molar-refractivity contribution in [2.75, 3.05) is 12.8 Å². The van der Waals surface area contributed by atoms with Gasteiger partial charge in [-0.2, -0.15) is 4.98 Å². The number of hydrogen-bond acceptors (Lipinski definition) is 5. The predicted molar refractivity (Wildman–Crippen MR) is 74.6 cm³/mol. The first-order chi connectivity index (χ1) is 8.86. The average molecular weight is 285 g/mol. The summed E-state index contributed by atoms with van der Waals surface area (Å²) in [5, 5.41) is 12.7. The van der Waals surface area contributed by atoms with Crippen molar-refractivity contribution in [3.63, 3.8) is 0 Å². The smallest absolute Gasteiger partial charge is 0.346 e. The molecule has 0 saturated heterocycles. The van der Waals surface area contributed by atoms with E-state index in [1.807, 2.05) is 13.8 Å². The van der Waals surface area contributed by atoms with E-state index >= 15 is 0 Å². The molecule has 0 aromatic carbocycles. The number of amides is 1. The third-order valence-electron chi connectivity index (χ3n) is 2.75. The molecular weight excluding hydrogens is 266 g/mol. The van der Waals surface area contributed by atoms with Gasteiger partial charge in [0.15, 0.2) is 0 Å². The van der Waals surface area contributed by atoms with Crippen LogP contribution in [0.5, 0.6) is 0 Å². The van der Waals surface area contributed by atoms with E-state index in [1.165, 1.54) is 11.8 Å². The van der Waals surface area contributed by atoms with Crippen molar-refractivity contribution in [1.29, 1.82) is 0 Å². The van der Waals surface area contributed by atoms with E-state index in [4.69, 9.17) is 0 Å². The van der Waals surface area contributed by atoms with Crippen LogP contribution in [0.25, 0.3) is 0 Å². The molecule has 0 radical (unpaired) electrons. The Morgan fingerprint density at radius 2 is 2.16 bits per heavy atom. The molecule has 106 valence electrons. The molecule has 1 rings (SSSR count). The molecule has 0 bridgehead atoms. The van der Waals surface area contributed by atoms with Crippen LogP contribution in [0.15, 0.2) is 9.82 Å². The number of aliphatic hydroxyl groups is 1. The number of hydrogen-bond donors (Lipinski definition) is 3. The van der Waals surface area contributed by atoms with Gasteiger partial charge in [-0.25, -0.2) is 4.79 Å². The lowest BCUT2D eigenvalue weighted by Gasteiger charge is -2.16. The summed E-state index contributed by atoms with van der Waals surface area (Å²) < 4.78 is 0. The third-order valence-corrected chi connectivity index (χ3v) is 3.43. The molecule has 1 atom stereocenters. The van der Waals surface area contributed by atoms with Gasteiger partial charge in [-0.05, 0) is 19.1 Å². The van der Waals surface area contributed by atoms with Gasteiger partial charge in [-0.15, -0.1) is 11.8 Å². The van der Waals surface area contributed by atoms with Crippen LogP contribution >= 0.6 is 11.8 Å². The number of carbonyl (C=O) groups is 1. The maximum absolute atomic E-state index is 12.1. The normalized spacial score (nSPS) is 12.5. The fourth-order valence-electron chi connectivity index (χ4n) is 1.50. The highest BCUT2D eigenvalue weighted by Gasteiger charge is 2.18. The van der Waals surface area contributed by atoms with Crippen LogP contribution < -0.4 is 11.0 Å². The van der Waals surface area contributed by atoms with E-state index in [0.29, 0.717) is 16.3 Å². The summed E-state index contributed by atoms with van der Waals surface area (Å²) in [5.41, 5.74) is 0.351. The van der Waals surface area contributed by atoms with Gasteiger partial charge in [0.2, 0.25) is 0 Å². The van der Waals surface area contributed by atoms with Gasteiger partial charge in [-0.3, -0.25) is 4.79 Å². The SMILES string of the molecule is CSc1nc(=O)[nH]c(C)c1C(=O)NCC(O)C(C)C. The zero-order valence-corrected chi connectivity index (χ0v) is 12.3. The minimum Gasteiger partial charge on any atom is -0.391 e. The number of nitrogens with zero attached hydrogens (tertiary/aromatic N) is 1. The van der Waals surface area contributed by atoms with Gasteiger partial charge >= 0.3 is 5.69 Å². The Hall–Kier alpha value is -1.34. The van der Waals surface area contributed by atoms with E-state index in [-0.39, 0.29) is 18.4 Å². The minimum absolute atomic E-state index is 0.0649. The molecule has 1 aromatic rings. The molecule has 0 aliphatic heterocycles. The van der Waals surface area contributed by atoms with Crippen molar-refractivity contribution in [2.45, 2.75) is 31.9 Å². The zero-order valence-electron chi connectivity index (χ0n) is 11.5. The number of rotatable bonds is 5. The Morgan fingerprint density at radius 1 is 1.53 bits per heavy atom. The van der Waals surface area contributed by atoms with Gasteiger partial charge in [-0.1, -0.05) is 13.8 Å². The second-order valence-corrected chi connectivity index (χ2v) is 5.37. The Labute approximate surface area is 116 Å². The Morgan fingerprint density at radius 3 is 2.68 bits per heavy atom. The molecule has 0 fully saturated rings. The molecule has 3 N–H and O–H groups in total. The highest BCUT2D eigenvalue weighted by molar-refractivity contribution is 7.98. The van der Waals surface area contributed by atoms with Crippen LogP contribution in [0.2, 0.25) is 0 Å². The lowest BCUT2D eigenvalue weighted by atomic mass is 10.1. The lowest BCUT2D eigenvalue weighted by molar-refractivity contribution is 0.0867. The molecule has 7 heteroatoms. The van der Waals surface area contributed by atoms with Crippen molar-refractivity contribution in [3.8, 4) is 0 Å². The Balaban J connectivity index is 2.91. The predicted octanol–water partition coefficient (Wildman–Crippen LogP) is 0.547. The summed E-state index contributed by atoms with van der Waals surface area (Å²) >= 11 is 1.24. The molecule has 0 saturated carbocycles. The molecule has 0 aliphatic rings. The van der Waals surface area contributed by atoms with Crippen molar-refractivity contribution in [1.82, 2.24) is 15.3 Å². The van der Waals surface area contributed by atoms with E-state index in [9.17, 15) is 14.7 Å². The Kier molecular flexibility index (Phi) is 5.56. The molecule has 6 nitrogen and oxygen atoms in total. The quantitative estimate of drug-likeness (QED) is 0.542. The topological polar surface area (TPSA) is 95.1 Å². The van der Waals surface area contributed by atoms with Crippen LogP contribution in [0.3, 0.4) is 0 Å². The van der Waals surface area contributed by atoms with E-state index in [2.05, 4.69) is 15.3 Å². The van der Waals surface area contributed by atoms with Crippen molar-refractivity contribution >= 4 is 17.7 Å². The number of nitrogens with one attached hydrogen (secondary N) is 2. The lowest BCUT2D eigenvalue weighted by Crippen LogP contribution is -2.36. The number of aromatic nitrogens is 2. The summed E-state index contributed by atoms with van der Waals surface area (Å²) in [6, 6.07) is 0. The molecule has 1 heterocycles. The largest absolute Gasteiger partial charge is 0.391 e. The number of aromatic amines is 1. The third kappa shape index (κ3) is 4.07. The fourth-order valence-corrected chi connectivity index (χ4v) is 2.12. The van der Waals surface area contributed by atoms with Crippen LogP contribution in [0, 0.1) is 12.8 Å². The van der Waals surface area contributed by atoms with E-state index in [0.717, 1.165) is 0 Å². The molecule has 1 aromatic heterocycles. The molecular formula is C12H19N3O3S. The van der Waals surface area contributed by atoms with Crippen molar-refractivity contribution in [3.05, 3.63) is 21.7 Å². The van der Waals surface area contributed by atoms with Gasteiger partial charge in [0.25, 0.3) is 5.91 Å². The summed E-state index contributed by atoms with van der Waals surface area (Å²) in [6.07, 6.45) is 1.15. The molecule has 0 spiro atoms. The summed E-state index contributed by atoms with van der Waals surface area (Å²) in [6.45, 7) is 5.56. The number of aryl methyl sites for hydroxylation is 1. The fraction of sp³-hybridized carbons (Fsp3) is 0.583. The first-order valence-electron chi connectivity index (χ1n) is 5.98. The standard InChI is InChI=1S/C12H19N3O3S/c1-6(2)8(16)5-13-10(17)9-7(3)14-12(18)15-11(9)19-4/h6,8,16H,5H2,1-4H3,(H,13,17)(H,14,15,18). The number of aliphatic hydroxyl groups excluding tert-OH is 1. The van der Waals surface area contributed by atoms with Crippen LogP contribution in [-0.2, 0) is 0 Å². The first-order valence-corrected chi connectivity index (χ1v) is 7.20. The summed E-state index contributed by atoms with van der Waals surface area (Å²) in [4.78, 5) is 29.6. The zero-order chi connectivity index (χ0) is 14.6. The minimum atomic E-state index is -0.599. The molecule has 0 aliphatic carbocycles. The van der Waals surface area contributed by atoms with Crippen LogP contribution in [-0.4, -0.2) is 39.9 Å². The van der Waals surface area contributed by atoms with Gasteiger partial charge in [0, 0.05) is 12.2 Å². The highest BCUT2D eigenvalue weighted by Crippen LogP contribution is 2.17. The van der Waals surface area contributed by atoms with Gasteiger partial charge in [0.1, 0.15) is 5.03 Å². The molecule has 1 amide bonds. The summed E-state index contributed by atoms with van der Waals surface area (Å²) in [5.74, 6) is -0.277. The molecule has 19 heavy (non-hydrogen) atoms. The van der Waals surface area contributed by atoms with Crippen LogP contribution in [0.1, 0.15) is 29.9 Å². The molecule has 1 unspecified atom stereocenters. The van der Waals surface area contributed by atoms with Gasteiger partial charge < -0.3 is 15.4 Å². The number of carbonyl (C=O) groups excluding carboxylic acids is 1. The number of thioether (sulfide) groups is 1. The van der Waals surface area contributed by atoms with Crippen LogP contribution in [0.4, 0.5) is 0 Å². The average Bonchev–Trinajstić information content (AvgIpc) is 2.34. The summed E-state index contributed by atoms with van der Waals surface area (Å²) in [7, 11) is 0. The second kappa shape index (κ2) is 6.72. The maximum atomic E-state index is 12.1. The monoisotopic (exact) mass is 285 g/mol. The van der Waals surface area contributed by atoms with E-state index in [1.54, 1.807) is 13.2 Å². The highest BCUT2D eigenvalue weighted by atomic mass is 32.2. The first kappa shape index (κ1) is 15.7. The van der Waals surface area contributed by atoms with Crippen molar-refractivity contribution in [2.24, 2.45) is 5.92 Å². The maximum Gasteiger partial charge on any atom is 0.346 e.